The lowest BCUT2D eigenvalue weighted by molar-refractivity contribution is -0.163. The number of carbonyl (C=O) groups is 2. The maximum atomic E-state index is 14.1. The molecule has 14 heteroatoms. The number of morpholine rings is 1. The summed E-state index contributed by atoms with van der Waals surface area (Å²) in [4.78, 5) is 24.7. The topological polar surface area (TPSA) is 99.1 Å². The van der Waals surface area contributed by atoms with Gasteiger partial charge in [0.25, 0.3) is 5.91 Å². The number of halogens is 6. The summed E-state index contributed by atoms with van der Waals surface area (Å²) in [6.45, 7) is 0.0252. The third-order valence-electron chi connectivity index (χ3n) is 5.30. The summed E-state index contributed by atoms with van der Waals surface area (Å²) in [5, 5.41) is 20.5. The highest BCUT2D eigenvalue weighted by Crippen LogP contribution is 2.48. The number of nitrogens with zero attached hydrogens (tertiary/aromatic N) is 1. The van der Waals surface area contributed by atoms with Gasteiger partial charge in [-0.15, -0.1) is 0 Å². The first-order chi connectivity index (χ1) is 17.8. The lowest BCUT2D eigenvalue weighted by Crippen LogP contribution is -2.39. The fourth-order valence-corrected chi connectivity index (χ4v) is 4.58. The van der Waals surface area contributed by atoms with Crippen LogP contribution in [0.15, 0.2) is 52.3 Å². The Morgan fingerprint density at radius 2 is 1.71 bits per heavy atom. The Bertz CT molecular complexity index is 1200. The van der Waals surface area contributed by atoms with Gasteiger partial charge in [0.2, 0.25) is 5.91 Å². The maximum absolute atomic E-state index is 14.1. The van der Waals surface area contributed by atoms with E-state index in [1.54, 1.807) is 0 Å². The molecule has 1 fully saturated rings. The predicted octanol–water partition coefficient (Wildman–Crippen LogP) is 4.04. The molecule has 0 aliphatic carbocycles. The lowest BCUT2D eigenvalue weighted by atomic mass is 9.99. The van der Waals surface area contributed by atoms with Crippen molar-refractivity contribution in [2.24, 2.45) is 0 Å². The Morgan fingerprint density at radius 1 is 1.05 bits per heavy atom. The molecule has 0 saturated carbocycles. The van der Waals surface area contributed by atoms with E-state index >= 15 is 0 Å². The fraction of sp³-hybridized carbons (Fsp3) is 0.333. The molecule has 3 N–H and O–H groups in total. The molecule has 0 radical (unpaired) electrons. The third kappa shape index (κ3) is 7.49. The number of ether oxygens (including phenoxy) is 1. The predicted molar refractivity (Wildman–Crippen MR) is 125 cm³/mol. The van der Waals surface area contributed by atoms with Gasteiger partial charge in [-0.2, -0.15) is 26.3 Å². The van der Waals surface area contributed by atoms with Gasteiger partial charge in [-0.25, -0.2) is 0 Å². The van der Waals surface area contributed by atoms with Gasteiger partial charge in [0.15, 0.2) is 6.10 Å². The van der Waals surface area contributed by atoms with E-state index in [1.807, 2.05) is 0 Å². The van der Waals surface area contributed by atoms with Crippen molar-refractivity contribution in [3.63, 3.8) is 0 Å². The van der Waals surface area contributed by atoms with Crippen molar-refractivity contribution >= 4 is 35.3 Å². The van der Waals surface area contributed by atoms with Crippen molar-refractivity contribution in [1.29, 1.82) is 0 Å². The summed E-state index contributed by atoms with van der Waals surface area (Å²) in [6, 6.07) is 6.95. The van der Waals surface area contributed by atoms with Crippen molar-refractivity contribution in [2.75, 3.05) is 38.2 Å². The molecule has 0 bridgehead atoms. The molecule has 206 valence electrons. The second-order valence-corrected chi connectivity index (χ2v) is 9.10. The molecular formula is C24H22F6N2O5S. The van der Waals surface area contributed by atoms with Crippen LogP contribution < -0.4 is 5.32 Å². The zero-order chi connectivity index (χ0) is 28.1. The second-order valence-electron chi connectivity index (χ2n) is 7.99. The summed E-state index contributed by atoms with van der Waals surface area (Å²) in [5.74, 6) is -1.63. The van der Waals surface area contributed by atoms with E-state index < -0.39 is 58.5 Å². The van der Waals surface area contributed by atoms with Gasteiger partial charge >= 0.3 is 12.4 Å². The molecule has 0 spiro atoms. The van der Waals surface area contributed by atoms with E-state index in [2.05, 4.69) is 5.32 Å². The average molecular weight is 565 g/mol. The van der Waals surface area contributed by atoms with Gasteiger partial charge in [-0.3, -0.25) is 9.59 Å². The number of benzene rings is 2. The van der Waals surface area contributed by atoms with E-state index in [-0.39, 0.29) is 36.9 Å². The van der Waals surface area contributed by atoms with Crippen molar-refractivity contribution in [3.8, 4) is 0 Å². The minimum absolute atomic E-state index is 0.0401. The molecule has 1 aliphatic heterocycles. The molecule has 2 amide bonds. The van der Waals surface area contributed by atoms with Gasteiger partial charge in [0.05, 0.1) is 30.9 Å². The Kier molecular flexibility index (Phi) is 9.46. The highest BCUT2D eigenvalue weighted by Gasteiger charge is 2.46. The van der Waals surface area contributed by atoms with Crippen molar-refractivity contribution < 1.29 is 50.9 Å². The molecule has 2 aromatic carbocycles. The van der Waals surface area contributed by atoms with Crippen LogP contribution in [0.25, 0.3) is 6.08 Å². The van der Waals surface area contributed by atoms with Crippen LogP contribution >= 0.6 is 11.8 Å². The summed E-state index contributed by atoms with van der Waals surface area (Å²) < 4.78 is 89.3. The first kappa shape index (κ1) is 29.5. The molecule has 38 heavy (non-hydrogen) atoms. The number of nitrogens with one attached hydrogen (secondary N) is 1. The number of aliphatic hydroxyl groups is 2. The summed E-state index contributed by atoms with van der Waals surface area (Å²) in [6.07, 6.45) is -11.0. The smallest absolute Gasteiger partial charge is 0.393 e. The quantitative estimate of drug-likeness (QED) is 0.347. The summed E-state index contributed by atoms with van der Waals surface area (Å²) in [7, 11) is 0. The molecule has 2 aromatic rings. The van der Waals surface area contributed by atoms with Crippen LogP contribution in [-0.4, -0.2) is 65.9 Å². The van der Waals surface area contributed by atoms with Gasteiger partial charge in [0.1, 0.15) is 0 Å². The molecule has 1 aliphatic rings. The average Bonchev–Trinajstić information content (AvgIpc) is 2.86. The molecular weight excluding hydrogens is 542 g/mol. The number of anilines is 1. The normalized spacial score (nSPS) is 15.5. The first-order valence-electron chi connectivity index (χ1n) is 11.0. The van der Waals surface area contributed by atoms with Crippen LogP contribution in [-0.2, 0) is 26.7 Å². The SMILES string of the molecule is O=C(Nc1cccc(Sc2ccc(/C=C/C(=O)N3CCOCC3)c(C(F)(F)F)c2C(F)(F)F)c1)C(O)CO. The zero-order valence-electron chi connectivity index (χ0n) is 19.5. The highest BCUT2D eigenvalue weighted by molar-refractivity contribution is 7.99. The molecule has 7 nitrogen and oxygen atoms in total. The molecule has 1 heterocycles. The van der Waals surface area contributed by atoms with Gasteiger partial charge < -0.3 is 25.2 Å². The largest absolute Gasteiger partial charge is 0.418 e. The zero-order valence-corrected chi connectivity index (χ0v) is 20.3. The number of rotatable bonds is 7. The van der Waals surface area contributed by atoms with Crippen molar-refractivity contribution in [2.45, 2.75) is 28.2 Å². The third-order valence-corrected chi connectivity index (χ3v) is 6.35. The minimum atomic E-state index is -5.40. The molecule has 3 rings (SSSR count). The Labute approximate surface area is 217 Å². The molecule has 0 aromatic heterocycles. The number of amides is 2. The monoisotopic (exact) mass is 564 g/mol. The number of hydrogen-bond acceptors (Lipinski definition) is 6. The van der Waals surface area contributed by atoms with Crippen molar-refractivity contribution in [3.05, 3.63) is 59.2 Å². The van der Waals surface area contributed by atoms with Crippen LogP contribution in [0, 0.1) is 0 Å². The van der Waals surface area contributed by atoms with Crippen LogP contribution in [0.3, 0.4) is 0 Å². The van der Waals surface area contributed by atoms with Crippen LogP contribution in [0.1, 0.15) is 16.7 Å². The number of hydrogen-bond donors (Lipinski definition) is 3. The minimum Gasteiger partial charge on any atom is -0.393 e. The molecule has 1 atom stereocenters. The van der Waals surface area contributed by atoms with Crippen molar-refractivity contribution in [1.82, 2.24) is 4.90 Å². The summed E-state index contributed by atoms with van der Waals surface area (Å²) in [5.41, 5.74) is -4.63. The van der Waals surface area contributed by atoms with Gasteiger partial charge in [0, 0.05) is 34.6 Å². The van der Waals surface area contributed by atoms with Crippen LogP contribution in [0.2, 0.25) is 0 Å². The first-order valence-corrected chi connectivity index (χ1v) is 11.9. The fourth-order valence-electron chi connectivity index (χ4n) is 3.53. The van der Waals surface area contributed by atoms with E-state index in [1.165, 1.54) is 29.2 Å². The highest BCUT2D eigenvalue weighted by atomic mass is 32.2. The number of aliphatic hydroxyl groups excluding tert-OH is 2. The maximum Gasteiger partial charge on any atom is 0.418 e. The summed E-state index contributed by atoms with van der Waals surface area (Å²) >= 11 is 0.386. The Morgan fingerprint density at radius 3 is 2.32 bits per heavy atom. The van der Waals surface area contributed by atoms with Crippen LogP contribution in [0.5, 0.6) is 0 Å². The molecule has 1 unspecified atom stereocenters. The lowest BCUT2D eigenvalue weighted by Gasteiger charge is -2.25. The Hall–Kier alpha value is -3.07. The Balaban J connectivity index is 2.00. The standard InChI is InChI=1S/C24H22F6N2O5S/c25-23(26,27)20-14(5-7-19(35)32-8-10-37-11-9-32)4-6-18(21(20)24(28,29)30)38-16-3-1-2-15(12-16)31-22(36)17(34)13-33/h1-7,12,17,33-34H,8-11,13H2,(H,31,36)/b7-5+. The van der Waals surface area contributed by atoms with E-state index in [0.717, 1.165) is 18.2 Å². The van der Waals surface area contributed by atoms with Gasteiger partial charge in [-0.05, 0) is 35.9 Å². The number of alkyl halides is 6. The molecule has 1 saturated heterocycles. The van der Waals surface area contributed by atoms with E-state index in [0.29, 0.717) is 17.8 Å². The van der Waals surface area contributed by atoms with E-state index in [9.17, 15) is 41.0 Å². The van der Waals surface area contributed by atoms with Gasteiger partial charge in [-0.1, -0.05) is 23.9 Å². The van der Waals surface area contributed by atoms with E-state index in [4.69, 9.17) is 9.84 Å². The second kappa shape index (κ2) is 12.2. The number of carbonyl (C=O) groups excluding carboxylic acids is 2. The van der Waals surface area contributed by atoms with Crippen LogP contribution in [0.4, 0.5) is 32.0 Å².